The van der Waals surface area contributed by atoms with Crippen LogP contribution in [0.1, 0.15) is 76.3 Å². The van der Waals surface area contributed by atoms with E-state index in [1.54, 1.807) is 0 Å². The van der Waals surface area contributed by atoms with E-state index in [-0.39, 0.29) is 0 Å². The van der Waals surface area contributed by atoms with Gasteiger partial charge in [0, 0.05) is 0 Å². The molecule has 0 saturated heterocycles. The van der Waals surface area contributed by atoms with Crippen LogP contribution < -0.4 is 5.46 Å². The number of unbranched alkanes of at least 4 members (excludes halogenated alkanes) is 6. The Balaban J connectivity index is 2.61. The molecule has 3 heteroatoms. The van der Waals surface area contributed by atoms with E-state index in [2.05, 4.69) is 19.9 Å². The standard InChI is InChI=1S/C18H31BO2/c1-3-5-7-9-11-16-13-17(12-10-8-6-4-2)15-18(14-16)19(20)21/h13-15,20-21H,3-12H2,1-2H3. The number of hydrogen-bond donors (Lipinski definition) is 2. The molecule has 0 radical (unpaired) electrons. The molecule has 1 aromatic rings. The maximum Gasteiger partial charge on any atom is 0.488 e. The van der Waals surface area contributed by atoms with Crippen LogP contribution in [0.3, 0.4) is 0 Å². The van der Waals surface area contributed by atoms with E-state index in [0.29, 0.717) is 5.46 Å². The van der Waals surface area contributed by atoms with Gasteiger partial charge in [0.15, 0.2) is 0 Å². The molecule has 0 aliphatic heterocycles. The molecule has 0 fully saturated rings. The van der Waals surface area contributed by atoms with Gasteiger partial charge in [-0.1, -0.05) is 70.6 Å². The van der Waals surface area contributed by atoms with Gasteiger partial charge in [-0.2, -0.15) is 0 Å². The van der Waals surface area contributed by atoms with Gasteiger partial charge in [-0.15, -0.1) is 0 Å². The summed E-state index contributed by atoms with van der Waals surface area (Å²) in [5.74, 6) is 0. The Bertz CT molecular complexity index is 361. The van der Waals surface area contributed by atoms with E-state index < -0.39 is 7.12 Å². The van der Waals surface area contributed by atoms with Crippen LogP contribution in [0.2, 0.25) is 0 Å². The minimum Gasteiger partial charge on any atom is -0.423 e. The minimum atomic E-state index is -1.35. The van der Waals surface area contributed by atoms with Crippen molar-refractivity contribution in [2.45, 2.75) is 78.1 Å². The third-order valence-electron chi connectivity index (χ3n) is 4.01. The second-order valence-electron chi connectivity index (χ2n) is 6.08. The summed E-state index contributed by atoms with van der Waals surface area (Å²) < 4.78 is 0. The highest BCUT2D eigenvalue weighted by molar-refractivity contribution is 6.58. The molecule has 0 atom stereocenters. The molecule has 118 valence electrons. The SMILES string of the molecule is CCCCCCc1cc(CCCCCC)cc(B(O)O)c1. The first-order valence-corrected chi connectivity index (χ1v) is 8.66. The average molecular weight is 290 g/mol. The van der Waals surface area contributed by atoms with Gasteiger partial charge >= 0.3 is 7.12 Å². The summed E-state index contributed by atoms with van der Waals surface area (Å²) in [5.41, 5.74) is 3.15. The van der Waals surface area contributed by atoms with Gasteiger partial charge in [0.2, 0.25) is 0 Å². The summed E-state index contributed by atoms with van der Waals surface area (Å²) in [4.78, 5) is 0. The molecule has 0 aliphatic carbocycles. The van der Waals surface area contributed by atoms with E-state index in [1.165, 1.54) is 62.5 Å². The Morgan fingerprint density at radius 1 is 0.714 bits per heavy atom. The van der Waals surface area contributed by atoms with Crippen LogP contribution >= 0.6 is 0 Å². The first kappa shape index (κ1) is 18.3. The van der Waals surface area contributed by atoms with E-state index in [9.17, 15) is 10.0 Å². The highest BCUT2D eigenvalue weighted by Crippen LogP contribution is 2.13. The smallest absolute Gasteiger partial charge is 0.423 e. The van der Waals surface area contributed by atoms with E-state index in [4.69, 9.17) is 0 Å². The predicted octanol–water partition coefficient (Wildman–Crippen LogP) is 3.61. The maximum atomic E-state index is 9.45. The van der Waals surface area contributed by atoms with E-state index in [1.807, 2.05) is 12.1 Å². The fraction of sp³-hybridized carbons (Fsp3) is 0.667. The van der Waals surface area contributed by atoms with Crippen LogP contribution in [0, 0.1) is 0 Å². The van der Waals surface area contributed by atoms with E-state index >= 15 is 0 Å². The van der Waals surface area contributed by atoms with Gasteiger partial charge in [-0.05, 0) is 42.3 Å². The number of benzene rings is 1. The van der Waals surface area contributed by atoms with Gasteiger partial charge in [-0.25, -0.2) is 0 Å². The van der Waals surface area contributed by atoms with Crippen LogP contribution in [0.4, 0.5) is 0 Å². The van der Waals surface area contributed by atoms with Crippen molar-refractivity contribution in [3.05, 3.63) is 29.3 Å². The van der Waals surface area contributed by atoms with Gasteiger partial charge in [0.1, 0.15) is 0 Å². The van der Waals surface area contributed by atoms with Crippen molar-refractivity contribution in [3.8, 4) is 0 Å². The molecular weight excluding hydrogens is 259 g/mol. The van der Waals surface area contributed by atoms with Crippen LogP contribution in [0.25, 0.3) is 0 Å². The molecule has 1 rings (SSSR count). The Morgan fingerprint density at radius 2 is 1.19 bits per heavy atom. The molecular formula is C18H31BO2. The Labute approximate surface area is 130 Å². The monoisotopic (exact) mass is 290 g/mol. The van der Waals surface area contributed by atoms with Crippen LogP contribution in [-0.2, 0) is 12.8 Å². The van der Waals surface area contributed by atoms with Crippen LogP contribution in [0.5, 0.6) is 0 Å². The lowest BCUT2D eigenvalue weighted by atomic mass is 9.78. The zero-order chi connectivity index (χ0) is 15.5. The highest BCUT2D eigenvalue weighted by Gasteiger charge is 2.13. The molecule has 0 saturated carbocycles. The van der Waals surface area contributed by atoms with Gasteiger partial charge in [0.05, 0.1) is 0 Å². The molecule has 0 heterocycles. The zero-order valence-electron chi connectivity index (χ0n) is 13.8. The van der Waals surface area contributed by atoms with Crippen molar-refractivity contribution < 1.29 is 10.0 Å². The molecule has 0 spiro atoms. The molecule has 0 bridgehead atoms. The van der Waals surface area contributed by atoms with Crippen LogP contribution in [0.15, 0.2) is 18.2 Å². The molecule has 0 aromatic heterocycles. The third kappa shape index (κ3) is 7.68. The minimum absolute atomic E-state index is 0.647. The highest BCUT2D eigenvalue weighted by atomic mass is 16.4. The lowest BCUT2D eigenvalue weighted by molar-refractivity contribution is 0.425. The van der Waals surface area contributed by atoms with Crippen molar-refractivity contribution in [1.82, 2.24) is 0 Å². The molecule has 2 nitrogen and oxygen atoms in total. The zero-order valence-corrected chi connectivity index (χ0v) is 13.8. The Hall–Kier alpha value is -0.795. The van der Waals surface area contributed by atoms with Crippen molar-refractivity contribution in [3.63, 3.8) is 0 Å². The van der Waals surface area contributed by atoms with Crippen LogP contribution in [-0.4, -0.2) is 17.2 Å². The Morgan fingerprint density at radius 3 is 1.57 bits per heavy atom. The molecule has 2 N–H and O–H groups in total. The lowest BCUT2D eigenvalue weighted by Crippen LogP contribution is -2.30. The fourth-order valence-corrected chi connectivity index (χ4v) is 2.74. The second kappa shape index (κ2) is 10.9. The summed E-state index contributed by atoms with van der Waals surface area (Å²) >= 11 is 0. The fourth-order valence-electron chi connectivity index (χ4n) is 2.74. The molecule has 21 heavy (non-hydrogen) atoms. The van der Waals surface area contributed by atoms with Gasteiger partial charge in [-0.3, -0.25) is 0 Å². The summed E-state index contributed by atoms with van der Waals surface area (Å²) in [5, 5.41) is 18.9. The topological polar surface area (TPSA) is 40.5 Å². The molecule has 0 unspecified atom stereocenters. The maximum absolute atomic E-state index is 9.45. The molecule has 0 aliphatic rings. The first-order chi connectivity index (χ1) is 10.2. The van der Waals surface area contributed by atoms with Crippen molar-refractivity contribution in [1.29, 1.82) is 0 Å². The third-order valence-corrected chi connectivity index (χ3v) is 4.01. The van der Waals surface area contributed by atoms with Crippen molar-refractivity contribution >= 4 is 12.6 Å². The summed E-state index contributed by atoms with van der Waals surface area (Å²) in [6.45, 7) is 4.44. The largest absolute Gasteiger partial charge is 0.488 e. The summed E-state index contributed by atoms with van der Waals surface area (Å²) in [6.07, 6.45) is 12.0. The molecule has 0 amide bonds. The number of rotatable bonds is 11. The lowest BCUT2D eigenvalue weighted by Gasteiger charge is -2.10. The van der Waals surface area contributed by atoms with E-state index in [0.717, 1.165) is 12.8 Å². The average Bonchev–Trinajstić information content (AvgIpc) is 2.48. The Kier molecular flexibility index (Phi) is 9.44. The van der Waals surface area contributed by atoms with Crippen molar-refractivity contribution in [2.24, 2.45) is 0 Å². The summed E-state index contributed by atoms with van der Waals surface area (Å²) in [7, 11) is -1.35. The predicted molar refractivity (Wildman–Crippen MR) is 92.0 cm³/mol. The first-order valence-electron chi connectivity index (χ1n) is 8.66. The summed E-state index contributed by atoms with van der Waals surface area (Å²) in [6, 6.07) is 6.15. The van der Waals surface area contributed by atoms with Crippen molar-refractivity contribution in [2.75, 3.05) is 0 Å². The number of aryl methyl sites for hydroxylation is 2. The molecule has 1 aromatic carbocycles. The van der Waals surface area contributed by atoms with Gasteiger partial charge < -0.3 is 10.0 Å². The second-order valence-corrected chi connectivity index (χ2v) is 6.08. The quantitative estimate of drug-likeness (QED) is 0.483. The normalized spacial score (nSPS) is 10.9. The van der Waals surface area contributed by atoms with Gasteiger partial charge in [0.25, 0.3) is 0 Å². The number of hydrogen-bond acceptors (Lipinski definition) is 2.